The first-order valence-corrected chi connectivity index (χ1v) is 9.32. The maximum absolute atomic E-state index is 11.5. The van der Waals surface area contributed by atoms with Gasteiger partial charge in [0.15, 0.2) is 0 Å². The molecule has 0 aromatic heterocycles. The summed E-state index contributed by atoms with van der Waals surface area (Å²) < 4.78 is 24.9. The number of carbonyl (C=O) groups is 1. The lowest BCUT2D eigenvalue weighted by atomic mass is 9.98. The summed E-state index contributed by atoms with van der Waals surface area (Å²) in [4.78, 5) is 13.6. The zero-order chi connectivity index (χ0) is 17.8. The molecule has 2 N–H and O–H groups in total. The van der Waals surface area contributed by atoms with Crippen molar-refractivity contribution in [1.82, 2.24) is 0 Å². The predicted octanol–water partition coefficient (Wildman–Crippen LogP) is 2.51. The molecule has 2 aromatic carbocycles. The Labute approximate surface area is 148 Å². The summed E-state index contributed by atoms with van der Waals surface area (Å²) in [6.07, 6.45) is 2.61. The van der Waals surface area contributed by atoms with E-state index in [9.17, 15) is 18.3 Å². The summed E-state index contributed by atoms with van der Waals surface area (Å²) in [5.74, 6) is -1.07. The first-order chi connectivity index (χ1) is 12.0. The fraction of sp³-hybridized carbons (Fsp3) is 0.278. The molecule has 1 aliphatic rings. The van der Waals surface area contributed by atoms with Gasteiger partial charge in [-0.3, -0.25) is 4.72 Å². The van der Waals surface area contributed by atoms with E-state index < -0.39 is 16.9 Å². The molecular formula is C18H20N2O4S. The average molecular weight is 360 g/mol. The number of carboxylic acids is 1. The second kappa shape index (κ2) is 7.57. The Morgan fingerprint density at radius 1 is 1.12 bits per heavy atom. The molecule has 1 aliphatic heterocycles. The zero-order valence-electron chi connectivity index (χ0n) is 13.6. The lowest BCUT2D eigenvalue weighted by Gasteiger charge is -2.24. The smallest absolute Gasteiger partial charge is 0.335 e. The summed E-state index contributed by atoms with van der Waals surface area (Å²) in [6.45, 7) is 1.68. The molecule has 0 amide bonds. The van der Waals surface area contributed by atoms with E-state index in [1.807, 2.05) is 30.3 Å². The number of nitrogens with one attached hydrogen (secondary N) is 1. The molecule has 0 radical (unpaired) electrons. The Bertz CT molecular complexity index is 836. The van der Waals surface area contributed by atoms with Gasteiger partial charge in [-0.05, 0) is 30.5 Å². The van der Waals surface area contributed by atoms with Crippen molar-refractivity contribution in [2.45, 2.75) is 19.3 Å². The van der Waals surface area contributed by atoms with E-state index in [4.69, 9.17) is 0 Å². The van der Waals surface area contributed by atoms with Crippen molar-refractivity contribution in [3.8, 4) is 0 Å². The van der Waals surface area contributed by atoms with E-state index in [1.165, 1.54) is 6.07 Å². The monoisotopic (exact) mass is 360 g/mol. The van der Waals surface area contributed by atoms with Crippen LogP contribution in [0.1, 0.15) is 34.3 Å². The van der Waals surface area contributed by atoms with Gasteiger partial charge in [0.25, 0.3) is 0 Å². The third-order valence-corrected chi connectivity index (χ3v) is 4.78. The molecule has 1 saturated heterocycles. The average Bonchev–Trinajstić information content (AvgIpc) is 3.11. The van der Waals surface area contributed by atoms with Crippen LogP contribution in [0.5, 0.6) is 0 Å². The minimum Gasteiger partial charge on any atom is -0.478 e. The van der Waals surface area contributed by atoms with Gasteiger partial charge >= 0.3 is 5.97 Å². The largest absolute Gasteiger partial charge is 0.478 e. The van der Waals surface area contributed by atoms with Crippen molar-refractivity contribution in [1.29, 1.82) is 0 Å². The van der Waals surface area contributed by atoms with E-state index >= 15 is 0 Å². The number of nitrogens with zero attached hydrogens (tertiary/aromatic N) is 1. The number of carboxylic acid groups (broad SMARTS) is 1. The molecule has 3 rings (SSSR count). The molecule has 6 nitrogen and oxygen atoms in total. The Balaban J connectivity index is 2.14. The molecule has 1 heterocycles. The van der Waals surface area contributed by atoms with E-state index in [0.717, 1.165) is 42.7 Å². The molecular weight excluding hydrogens is 340 g/mol. The van der Waals surface area contributed by atoms with Crippen molar-refractivity contribution in [3.63, 3.8) is 0 Å². The SMILES string of the molecule is O=C(O)c1cc(N[SH](=O)=O)c(Cc2ccccc2)c(N2CCCC2)c1. The maximum Gasteiger partial charge on any atom is 0.335 e. The quantitative estimate of drug-likeness (QED) is 0.689. The standard InChI is InChI=1S/C18H20N2O4S/c21-18(22)14-11-16(19-25(23)24)15(10-13-6-2-1-3-7-13)17(12-14)20-8-4-5-9-20/h1-3,6-7,11-12,25H,4-5,8-10H2,(H,21,22)(H,19,23,24). The number of thiol groups is 1. The van der Waals surface area contributed by atoms with Gasteiger partial charge in [0, 0.05) is 30.8 Å². The first-order valence-electron chi connectivity index (χ1n) is 8.15. The van der Waals surface area contributed by atoms with Gasteiger partial charge in [-0.25, -0.2) is 13.2 Å². The molecule has 1 fully saturated rings. The van der Waals surface area contributed by atoms with Gasteiger partial charge in [0.05, 0.1) is 11.3 Å². The number of anilines is 2. The summed E-state index contributed by atoms with van der Waals surface area (Å²) in [5.41, 5.74) is 3.05. The van der Waals surface area contributed by atoms with E-state index in [1.54, 1.807) is 6.07 Å². The Kier molecular flexibility index (Phi) is 5.23. The van der Waals surface area contributed by atoms with Gasteiger partial charge in [0.1, 0.15) is 0 Å². The van der Waals surface area contributed by atoms with Crippen molar-refractivity contribution in [3.05, 3.63) is 59.2 Å². The Morgan fingerprint density at radius 3 is 2.40 bits per heavy atom. The molecule has 25 heavy (non-hydrogen) atoms. The molecule has 0 unspecified atom stereocenters. The van der Waals surface area contributed by atoms with Gasteiger partial charge < -0.3 is 10.0 Å². The normalized spacial score (nSPS) is 14.0. The fourth-order valence-corrected chi connectivity index (χ4v) is 3.60. The van der Waals surface area contributed by atoms with Crippen molar-refractivity contribution >= 4 is 28.2 Å². The highest BCUT2D eigenvalue weighted by molar-refractivity contribution is 7.73. The van der Waals surface area contributed by atoms with E-state index in [2.05, 4.69) is 9.62 Å². The second-order valence-corrected chi connectivity index (χ2v) is 6.79. The topological polar surface area (TPSA) is 86.7 Å². The number of benzene rings is 2. The minimum absolute atomic E-state index is 0.0815. The van der Waals surface area contributed by atoms with Crippen LogP contribution in [0.2, 0.25) is 0 Å². The molecule has 132 valence electrons. The zero-order valence-corrected chi connectivity index (χ0v) is 14.5. The highest BCUT2D eigenvalue weighted by Gasteiger charge is 2.21. The van der Waals surface area contributed by atoms with Gasteiger partial charge in [-0.2, -0.15) is 0 Å². The van der Waals surface area contributed by atoms with E-state index in [0.29, 0.717) is 12.1 Å². The first kappa shape index (κ1) is 17.3. The van der Waals surface area contributed by atoms with E-state index in [-0.39, 0.29) is 5.56 Å². The Hall–Kier alpha value is -2.54. The third-order valence-electron chi connectivity index (χ3n) is 4.36. The van der Waals surface area contributed by atoms with Crippen LogP contribution in [0, 0.1) is 0 Å². The third kappa shape index (κ3) is 4.11. The summed E-state index contributed by atoms with van der Waals surface area (Å²) >= 11 is 0. The molecule has 2 aromatic rings. The molecule has 0 bridgehead atoms. The van der Waals surface area contributed by atoms with Crippen LogP contribution < -0.4 is 9.62 Å². The lowest BCUT2D eigenvalue weighted by molar-refractivity contribution is 0.0697. The fourth-order valence-electron chi connectivity index (χ4n) is 3.20. The molecule has 0 atom stereocenters. The maximum atomic E-state index is 11.5. The van der Waals surface area contributed by atoms with Crippen molar-refractivity contribution in [2.75, 3.05) is 22.7 Å². The summed E-state index contributed by atoms with van der Waals surface area (Å²) in [5, 5.41) is 9.39. The van der Waals surface area contributed by atoms with Crippen LogP contribution in [0.3, 0.4) is 0 Å². The number of hydrogen-bond donors (Lipinski definition) is 3. The Morgan fingerprint density at radius 2 is 1.80 bits per heavy atom. The number of rotatable bonds is 6. The summed E-state index contributed by atoms with van der Waals surface area (Å²) in [6, 6.07) is 12.8. The highest BCUT2D eigenvalue weighted by Crippen LogP contribution is 2.34. The lowest BCUT2D eigenvalue weighted by Crippen LogP contribution is -2.21. The van der Waals surface area contributed by atoms with Gasteiger partial charge in [-0.15, -0.1) is 0 Å². The van der Waals surface area contributed by atoms with Crippen LogP contribution in [0.25, 0.3) is 0 Å². The van der Waals surface area contributed by atoms with Crippen LogP contribution >= 0.6 is 0 Å². The van der Waals surface area contributed by atoms with Crippen LogP contribution in [-0.4, -0.2) is 32.6 Å². The summed E-state index contributed by atoms with van der Waals surface area (Å²) in [7, 11) is -2.89. The molecule has 7 heteroatoms. The molecule has 0 aliphatic carbocycles. The minimum atomic E-state index is -2.89. The second-order valence-electron chi connectivity index (χ2n) is 6.05. The highest BCUT2D eigenvalue weighted by atomic mass is 32.2. The van der Waals surface area contributed by atoms with Crippen molar-refractivity contribution < 1.29 is 18.3 Å². The van der Waals surface area contributed by atoms with Crippen LogP contribution in [-0.2, 0) is 17.3 Å². The molecule has 0 spiro atoms. The predicted molar refractivity (Wildman–Crippen MR) is 98.0 cm³/mol. The number of aromatic carboxylic acids is 1. The van der Waals surface area contributed by atoms with Crippen molar-refractivity contribution in [2.24, 2.45) is 0 Å². The number of hydrogen-bond acceptors (Lipinski definition) is 4. The molecule has 0 saturated carbocycles. The van der Waals surface area contributed by atoms with Gasteiger partial charge in [0.2, 0.25) is 10.9 Å². The van der Waals surface area contributed by atoms with Crippen LogP contribution in [0.15, 0.2) is 42.5 Å². The van der Waals surface area contributed by atoms with Gasteiger partial charge in [-0.1, -0.05) is 30.3 Å². The van der Waals surface area contributed by atoms with Crippen LogP contribution in [0.4, 0.5) is 11.4 Å².